The minimum atomic E-state index is -0.0328. The van der Waals surface area contributed by atoms with Crippen LogP contribution in [0.25, 0.3) is 0 Å². The molecule has 0 aliphatic carbocycles. The number of piperazine rings is 1. The zero-order valence-corrected chi connectivity index (χ0v) is 15.2. The Morgan fingerprint density at radius 1 is 1.12 bits per heavy atom. The molecule has 7 heteroatoms. The zero-order valence-electron chi connectivity index (χ0n) is 14.4. The lowest BCUT2D eigenvalue weighted by molar-refractivity contribution is 0.0638. The summed E-state index contributed by atoms with van der Waals surface area (Å²) in [4.78, 5) is 29.2. The van der Waals surface area contributed by atoms with Crippen molar-refractivity contribution in [3.05, 3.63) is 57.8 Å². The summed E-state index contributed by atoms with van der Waals surface area (Å²) in [6, 6.07) is 12.5. The molecule has 0 saturated carbocycles. The van der Waals surface area contributed by atoms with E-state index in [1.807, 2.05) is 22.4 Å². The molecule has 2 aromatic rings. The Morgan fingerprint density at radius 2 is 1.85 bits per heavy atom. The molecule has 1 aliphatic rings. The van der Waals surface area contributed by atoms with Crippen molar-refractivity contribution in [3.63, 3.8) is 0 Å². The van der Waals surface area contributed by atoms with E-state index in [1.54, 1.807) is 24.3 Å². The number of nitrogens with zero attached hydrogens (tertiary/aromatic N) is 3. The van der Waals surface area contributed by atoms with Crippen molar-refractivity contribution in [2.45, 2.75) is 0 Å². The van der Waals surface area contributed by atoms with Gasteiger partial charge in [0, 0.05) is 44.8 Å². The number of amides is 2. The highest BCUT2D eigenvalue weighted by molar-refractivity contribution is 7.12. The molecule has 6 nitrogen and oxygen atoms in total. The van der Waals surface area contributed by atoms with E-state index in [-0.39, 0.29) is 11.8 Å². The molecule has 134 valence electrons. The number of nitrogens with one attached hydrogen (secondary N) is 1. The number of carbonyl (C=O) groups excluding carboxylic acids is 2. The first-order valence-electron chi connectivity index (χ1n) is 8.51. The Balaban J connectivity index is 1.41. The summed E-state index contributed by atoms with van der Waals surface area (Å²) in [7, 11) is 0. The molecule has 26 heavy (non-hydrogen) atoms. The lowest BCUT2D eigenvalue weighted by Crippen LogP contribution is -2.50. The van der Waals surface area contributed by atoms with Gasteiger partial charge in [-0.2, -0.15) is 5.26 Å². The average Bonchev–Trinajstić information content (AvgIpc) is 3.23. The van der Waals surface area contributed by atoms with Gasteiger partial charge in [0.05, 0.1) is 16.5 Å². The van der Waals surface area contributed by atoms with Crippen LogP contribution in [0.1, 0.15) is 25.6 Å². The van der Waals surface area contributed by atoms with E-state index in [4.69, 9.17) is 5.26 Å². The van der Waals surface area contributed by atoms with Crippen LogP contribution in [0.2, 0.25) is 0 Å². The third kappa shape index (κ3) is 4.48. The third-order valence-corrected chi connectivity index (χ3v) is 5.25. The molecule has 0 spiro atoms. The van der Waals surface area contributed by atoms with Crippen LogP contribution < -0.4 is 5.32 Å². The van der Waals surface area contributed by atoms with Crippen LogP contribution in [0.5, 0.6) is 0 Å². The fourth-order valence-corrected chi connectivity index (χ4v) is 3.51. The van der Waals surface area contributed by atoms with Crippen molar-refractivity contribution < 1.29 is 9.59 Å². The lowest BCUT2D eigenvalue weighted by Gasteiger charge is -2.34. The largest absolute Gasteiger partial charge is 0.350 e. The molecule has 1 fully saturated rings. The van der Waals surface area contributed by atoms with Crippen LogP contribution in [0.4, 0.5) is 0 Å². The number of nitriles is 1. The minimum Gasteiger partial charge on any atom is -0.350 e. The van der Waals surface area contributed by atoms with E-state index in [1.165, 1.54) is 11.3 Å². The van der Waals surface area contributed by atoms with Crippen molar-refractivity contribution in [1.29, 1.82) is 5.26 Å². The first-order chi connectivity index (χ1) is 12.7. The molecule has 1 aromatic carbocycles. The van der Waals surface area contributed by atoms with Gasteiger partial charge in [0.1, 0.15) is 0 Å². The molecule has 1 aromatic heterocycles. The van der Waals surface area contributed by atoms with Gasteiger partial charge in [0.15, 0.2) is 0 Å². The number of rotatable bonds is 5. The number of benzene rings is 1. The normalized spacial score (nSPS) is 14.7. The van der Waals surface area contributed by atoms with E-state index < -0.39 is 0 Å². The van der Waals surface area contributed by atoms with Gasteiger partial charge in [-0.3, -0.25) is 14.5 Å². The molecule has 1 saturated heterocycles. The Hall–Kier alpha value is -2.69. The molecule has 2 heterocycles. The molecule has 2 amide bonds. The second kappa shape index (κ2) is 8.61. The quantitative estimate of drug-likeness (QED) is 0.873. The Labute approximate surface area is 156 Å². The number of hydrogen-bond acceptors (Lipinski definition) is 5. The summed E-state index contributed by atoms with van der Waals surface area (Å²) < 4.78 is 0. The molecule has 0 atom stereocenters. The van der Waals surface area contributed by atoms with Gasteiger partial charge in [-0.05, 0) is 35.7 Å². The van der Waals surface area contributed by atoms with Crippen molar-refractivity contribution in [1.82, 2.24) is 15.1 Å². The van der Waals surface area contributed by atoms with Gasteiger partial charge in [-0.15, -0.1) is 11.3 Å². The Kier molecular flexibility index (Phi) is 6.00. The van der Waals surface area contributed by atoms with Crippen LogP contribution in [0.3, 0.4) is 0 Å². The zero-order chi connectivity index (χ0) is 18.4. The SMILES string of the molecule is N#Cc1ccc(C(=O)N2CCN(CCNC(=O)c3cccs3)CC2)cc1. The molecular formula is C19H20N4O2S. The first kappa shape index (κ1) is 18.1. The number of thiophene rings is 1. The van der Waals surface area contributed by atoms with E-state index in [9.17, 15) is 9.59 Å². The maximum Gasteiger partial charge on any atom is 0.261 e. The van der Waals surface area contributed by atoms with Gasteiger partial charge in [-0.1, -0.05) is 6.07 Å². The summed E-state index contributed by atoms with van der Waals surface area (Å²) in [6.45, 7) is 4.28. The average molecular weight is 368 g/mol. The molecular weight excluding hydrogens is 348 g/mol. The second-order valence-electron chi connectivity index (χ2n) is 6.06. The molecule has 0 bridgehead atoms. The molecule has 0 unspecified atom stereocenters. The van der Waals surface area contributed by atoms with E-state index >= 15 is 0 Å². The summed E-state index contributed by atoms with van der Waals surface area (Å²) in [6.07, 6.45) is 0. The predicted octanol–water partition coefficient (Wildman–Crippen LogP) is 1.81. The van der Waals surface area contributed by atoms with Gasteiger partial charge >= 0.3 is 0 Å². The van der Waals surface area contributed by atoms with Crippen LogP contribution in [0.15, 0.2) is 41.8 Å². The monoisotopic (exact) mass is 368 g/mol. The van der Waals surface area contributed by atoms with E-state index in [0.29, 0.717) is 30.8 Å². The van der Waals surface area contributed by atoms with Crippen LogP contribution in [0, 0.1) is 11.3 Å². The van der Waals surface area contributed by atoms with Crippen molar-refractivity contribution in [3.8, 4) is 6.07 Å². The van der Waals surface area contributed by atoms with Crippen LogP contribution >= 0.6 is 11.3 Å². The van der Waals surface area contributed by atoms with Crippen molar-refractivity contribution >= 4 is 23.2 Å². The van der Waals surface area contributed by atoms with Crippen LogP contribution in [-0.2, 0) is 0 Å². The van der Waals surface area contributed by atoms with E-state index in [0.717, 1.165) is 24.5 Å². The second-order valence-corrected chi connectivity index (χ2v) is 7.00. The standard InChI is InChI=1S/C19H20N4O2S/c20-14-15-3-5-16(6-4-15)19(25)23-11-9-22(10-12-23)8-7-21-18(24)17-2-1-13-26-17/h1-6,13H,7-12H2,(H,21,24). The smallest absolute Gasteiger partial charge is 0.261 e. The summed E-state index contributed by atoms with van der Waals surface area (Å²) in [5.74, 6) is -0.0326. The fraction of sp³-hybridized carbons (Fsp3) is 0.316. The van der Waals surface area contributed by atoms with Gasteiger partial charge in [0.2, 0.25) is 0 Å². The number of carbonyl (C=O) groups is 2. The molecule has 3 rings (SSSR count). The summed E-state index contributed by atoms with van der Waals surface area (Å²) in [5, 5.41) is 13.6. The van der Waals surface area contributed by atoms with Gasteiger partial charge in [-0.25, -0.2) is 0 Å². The maximum atomic E-state index is 12.5. The fourth-order valence-electron chi connectivity index (χ4n) is 2.87. The lowest BCUT2D eigenvalue weighted by atomic mass is 10.1. The topological polar surface area (TPSA) is 76.4 Å². The predicted molar refractivity (Wildman–Crippen MR) is 100 cm³/mol. The highest BCUT2D eigenvalue weighted by Crippen LogP contribution is 2.10. The highest BCUT2D eigenvalue weighted by Gasteiger charge is 2.22. The minimum absolute atomic E-state index is 0.000128. The Morgan fingerprint density at radius 3 is 2.46 bits per heavy atom. The maximum absolute atomic E-state index is 12.5. The summed E-state index contributed by atoms with van der Waals surface area (Å²) in [5.41, 5.74) is 1.16. The Bertz CT molecular complexity index is 788. The summed E-state index contributed by atoms with van der Waals surface area (Å²) >= 11 is 1.43. The molecule has 1 aliphatic heterocycles. The van der Waals surface area contributed by atoms with Crippen LogP contribution in [-0.4, -0.2) is 60.9 Å². The number of hydrogen-bond donors (Lipinski definition) is 1. The van der Waals surface area contributed by atoms with E-state index in [2.05, 4.69) is 16.3 Å². The van der Waals surface area contributed by atoms with Gasteiger partial charge < -0.3 is 10.2 Å². The van der Waals surface area contributed by atoms with Crippen molar-refractivity contribution in [2.24, 2.45) is 0 Å². The highest BCUT2D eigenvalue weighted by atomic mass is 32.1. The molecule has 1 N–H and O–H groups in total. The third-order valence-electron chi connectivity index (χ3n) is 4.38. The van der Waals surface area contributed by atoms with Gasteiger partial charge in [0.25, 0.3) is 11.8 Å². The first-order valence-corrected chi connectivity index (χ1v) is 9.39. The van der Waals surface area contributed by atoms with Crippen molar-refractivity contribution in [2.75, 3.05) is 39.3 Å². The molecule has 0 radical (unpaired) electrons.